The van der Waals surface area contributed by atoms with Gasteiger partial charge in [-0.25, -0.2) is 9.67 Å². The lowest BCUT2D eigenvalue weighted by Gasteiger charge is -2.01. The van der Waals surface area contributed by atoms with E-state index >= 15 is 0 Å². The first-order valence-electron chi connectivity index (χ1n) is 6.06. The number of nitrogens with zero attached hydrogens (tertiary/aromatic N) is 4. The number of ether oxygens (including phenoxy) is 1. The molecule has 0 aliphatic carbocycles. The molecule has 6 nitrogen and oxygen atoms in total. The third kappa shape index (κ3) is 2.65. The second-order valence-electron chi connectivity index (χ2n) is 4.07. The summed E-state index contributed by atoms with van der Waals surface area (Å²) in [5.74, 6) is 0.382. The lowest BCUT2D eigenvalue weighted by Crippen LogP contribution is -1.95. The molecular weight excluding hydrogens is 256 g/mol. The maximum atomic E-state index is 8.94. The molecule has 0 amide bonds. The second-order valence-corrected chi connectivity index (χ2v) is 4.07. The van der Waals surface area contributed by atoms with Gasteiger partial charge in [0.1, 0.15) is 6.33 Å². The summed E-state index contributed by atoms with van der Waals surface area (Å²) >= 11 is 0. The van der Waals surface area contributed by atoms with Crippen molar-refractivity contribution in [2.45, 2.75) is 6.61 Å². The van der Waals surface area contributed by atoms with Crippen LogP contribution in [0.1, 0.15) is 5.56 Å². The minimum absolute atomic E-state index is 0.0475. The number of para-hydroxylation sites is 1. The summed E-state index contributed by atoms with van der Waals surface area (Å²) in [6, 6.07) is 13.2. The molecule has 0 radical (unpaired) electrons. The van der Waals surface area contributed by atoms with Crippen molar-refractivity contribution in [1.29, 1.82) is 0 Å². The fourth-order valence-corrected chi connectivity index (χ4v) is 1.66. The Kier molecular flexibility index (Phi) is 3.38. The summed E-state index contributed by atoms with van der Waals surface area (Å²) in [5.41, 5.74) is 1.62. The molecule has 0 aliphatic heterocycles. The average molecular weight is 268 g/mol. The number of aromatic nitrogens is 4. The van der Waals surface area contributed by atoms with Gasteiger partial charge in [0.2, 0.25) is 5.88 Å². The van der Waals surface area contributed by atoms with Crippen molar-refractivity contribution in [1.82, 2.24) is 19.7 Å². The van der Waals surface area contributed by atoms with Crippen molar-refractivity contribution in [3.63, 3.8) is 0 Å². The Morgan fingerprint density at radius 1 is 1.05 bits per heavy atom. The predicted octanol–water partition coefficient (Wildman–Crippen LogP) is 1.95. The quantitative estimate of drug-likeness (QED) is 0.783. The monoisotopic (exact) mass is 268 g/mol. The average Bonchev–Trinajstić information content (AvgIpc) is 2.97. The van der Waals surface area contributed by atoms with Gasteiger partial charge >= 0.3 is 6.01 Å². The second kappa shape index (κ2) is 5.50. The van der Waals surface area contributed by atoms with E-state index in [1.165, 1.54) is 0 Å². The molecule has 1 N–H and O–H groups in total. The van der Waals surface area contributed by atoms with Crippen LogP contribution in [0.2, 0.25) is 0 Å². The van der Waals surface area contributed by atoms with Gasteiger partial charge in [-0.05, 0) is 23.8 Å². The molecule has 2 aromatic heterocycles. The number of hydrogen-bond acceptors (Lipinski definition) is 5. The van der Waals surface area contributed by atoms with Crippen LogP contribution in [0, 0.1) is 0 Å². The van der Waals surface area contributed by atoms with Gasteiger partial charge in [0.05, 0.1) is 12.3 Å². The van der Waals surface area contributed by atoms with E-state index in [0.717, 1.165) is 11.3 Å². The van der Waals surface area contributed by atoms with Crippen molar-refractivity contribution in [3.05, 3.63) is 60.6 Å². The number of hydrogen-bond donors (Lipinski definition) is 1. The van der Waals surface area contributed by atoms with E-state index in [1.54, 1.807) is 29.3 Å². The fraction of sp³-hybridized carbons (Fsp3) is 0.0714. The van der Waals surface area contributed by atoms with Gasteiger partial charge < -0.3 is 9.84 Å². The van der Waals surface area contributed by atoms with E-state index in [1.807, 2.05) is 30.3 Å². The maximum Gasteiger partial charge on any atom is 0.342 e. The number of benzene rings is 1. The Labute approximate surface area is 115 Å². The van der Waals surface area contributed by atoms with Crippen LogP contribution < -0.4 is 4.74 Å². The van der Waals surface area contributed by atoms with Crippen molar-refractivity contribution in [2.24, 2.45) is 0 Å². The molecule has 3 rings (SSSR count). The molecular formula is C14H12N4O2. The van der Waals surface area contributed by atoms with Gasteiger partial charge in [-0.2, -0.15) is 4.98 Å². The Bertz CT molecular complexity index is 680. The first-order chi connectivity index (χ1) is 9.85. The first kappa shape index (κ1) is 12.3. The summed E-state index contributed by atoms with van der Waals surface area (Å²) < 4.78 is 7.07. The van der Waals surface area contributed by atoms with Crippen molar-refractivity contribution in [3.8, 4) is 17.6 Å². The van der Waals surface area contributed by atoms with E-state index in [0.29, 0.717) is 5.88 Å². The highest BCUT2D eigenvalue weighted by Crippen LogP contribution is 2.16. The lowest BCUT2D eigenvalue weighted by molar-refractivity contribution is 0.281. The first-order valence-corrected chi connectivity index (χ1v) is 6.06. The van der Waals surface area contributed by atoms with Crippen LogP contribution in [0.3, 0.4) is 0 Å². The van der Waals surface area contributed by atoms with Crippen LogP contribution in [-0.2, 0) is 6.61 Å². The lowest BCUT2D eigenvalue weighted by atomic mass is 10.3. The van der Waals surface area contributed by atoms with Gasteiger partial charge in [-0.1, -0.05) is 18.2 Å². The third-order valence-electron chi connectivity index (χ3n) is 2.67. The zero-order valence-corrected chi connectivity index (χ0v) is 10.5. The highest BCUT2D eigenvalue weighted by molar-refractivity contribution is 5.30. The number of aliphatic hydroxyl groups is 1. The summed E-state index contributed by atoms with van der Waals surface area (Å²) in [5, 5.41) is 13.2. The molecule has 0 saturated carbocycles. The fourth-order valence-electron chi connectivity index (χ4n) is 1.66. The topological polar surface area (TPSA) is 73.1 Å². The van der Waals surface area contributed by atoms with Crippen molar-refractivity contribution in [2.75, 3.05) is 0 Å². The zero-order valence-electron chi connectivity index (χ0n) is 10.5. The van der Waals surface area contributed by atoms with Gasteiger partial charge in [0.15, 0.2) is 0 Å². The van der Waals surface area contributed by atoms with Gasteiger partial charge in [0.25, 0.3) is 0 Å². The van der Waals surface area contributed by atoms with Crippen LogP contribution in [0.4, 0.5) is 0 Å². The molecule has 0 aliphatic rings. The minimum Gasteiger partial charge on any atom is -0.404 e. The van der Waals surface area contributed by atoms with Crippen LogP contribution >= 0.6 is 0 Å². The zero-order chi connectivity index (χ0) is 13.8. The Morgan fingerprint density at radius 3 is 2.60 bits per heavy atom. The number of rotatable bonds is 4. The molecule has 0 unspecified atom stereocenters. The standard InChI is InChI=1S/C14H12N4O2/c19-9-11-6-7-13(15-8-11)20-14-16-10-18(17-14)12-4-2-1-3-5-12/h1-8,10,19H,9H2. The van der Waals surface area contributed by atoms with Crippen LogP contribution in [0.5, 0.6) is 11.9 Å². The molecule has 1 aromatic carbocycles. The SMILES string of the molecule is OCc1ccc(Oc2ncn(-c3ccccc3)n2)nc1. The van der Waals surface area contributed by atoms with Gasteiger partial charge in [-0.15, -0.1) is 5.10 Å². The summed E-state index contributed by atoms with van der Waals surface area (Å²) in [7, 11) is 0. The Morgan fingerprint density at radius 2 is 1.90 bits per heavy atom. The smallest absolute Gasteiger partial charge is 0.342 e. The van der Waals surface area contributed by atoms with E-state index in [9.17, 15) is 0 Å². The molecule has 20 heavy (non-hydrogen) atoms. The van der Waals surface area contributed by atoms with Gasteiger partial charge in [0, 0.05) is 12.3 Å². The summed E-state index contributed by atoms with van der Waals surface area (Å²) in [4.78, 5) is 8.13. The number of pyridine rings is 1. The highest BCUT2D eigenvalue weighted by Gasteiger charge is 2.05. The summed E-state index contributed by atoms with van der Waals surface area (Å²) in [6.07, 6.45) is 3.12. The third-order valence-corrected chi connectivity index (χ3v) is 2.67. The molecule has 3 aromatic rings. The van der Waals surface area contributed by atoms with Crippen molar-refractivity contribution >= 4 is 0 Å². The van der Waals surface area contributed by atoms with E-state index in [4.69, 9.17) is 9.84 Å². The normalized spacial score (nSPS) is 10.4. The molecule has 6 heteroatoms. The number of aliphatic hydroxyl groups excluding tert-OH is 1. The minimum atomic E-state index is -0.0475. The van der Waals surface area contributed by atoms with E-state index in [-0.39, 0.29) is 12.6 Å². The Hall–Kier alpha value is -2.73. The molecule has 2 heterocycles. The van der Waals surface area contributed by atoms with Crippen LogP contribution in [0.15, 0.2) is 55.0 Å². The molecule has 0 fully saturated rings. The molecule has 0 atom stereocenters. The van der Waals surface area contributed by atoms with Gasteiger partial charge in [-0.3, -0.25) is 0 Å². The van der Waals surface area contributed by atoms with Crippen LogP contribution in [0.25, 0.3) is 5.69 Å². The predicted molar refractivity (Wildman–Crippen MR) is 71.6 cm³/mol. The molecule has 0 saturated heterocycles. The maximum absolute atomic E-state index is 8.94. The summed E-state index contributed by atoms with van der Waals surface area (Å²) in [6.45, 7) is -0.0475. The molecule has 0 bridgehead atoms. The van der Waals surface area contributed by atoms with Crippen molar-refractivity contribution < 1.29 is 9.84 Å². The van der Waals surface area contributed by atoms with Crippen LogP contribution in [-0.4, -0.2) is 24.9 Å². The Balaban J connectivity index is 1.77. The highest BCUT2D eigenvalue weighted by atomic mass is 16.5. The largest absolute Gasteiger partial charge is 0.404 e. The van der Waals surface area contributed by atoms with E-state index in [2.05, 4.69) is 15.1 Å². The molecule has 0 spiro atoms. The van der Waals surface area contributed by atoms with E-state index < -0.39 is 0 Å². The molecule has 100 valence electrons.